The third-order valence-electron chi connectivity index (χ3n) is 3.33. The van der Waals surface area contributed by atoms with Crippen LogP contribution in [0.3, 0.4) is 0 Å². The maximum Gasteiger partial charge on any atom is 0.416 e. The second-order valence-electron chi connectivity index (χ2n) is 6.30. The predicted octanol–water partition coefficient (Wildman–Crippen LogP) is 4.31. The maximum absolute atomic E-state index is 13.5. The Morgan fingerprint density at radius 1 is 1.23 bits per heavy atom. The fraction of sp³-hybridized carbons (Fsp3) is 0.600. The van der Waals surface area contributed by atoms with Crippen LogP contribution in [0.5, 0.6) is 0 Å². The van der Waals surface area contributed by atoms with Crippen LogP contribution in [0.15, 0.2) is 12.1 Å². The number of alkyl halides is 3. The van der Waals surface area contributed by atoms with Gasteiger partial charge in [0.2, 0.25) is 0 Å². The van der Waals surface area contributed by atoms with E-state index < -0.39 is 39.6 Å². The van der Waals surface area contributed by atoms with Crippen LogP contribution in [-0.2, 0) is 17.5 Å². The molecule has 126 valence electrons. The lowest BCUT2D eigenvalue weighted by Gasteiger charge is -2.25. The molecular formula is C15H21F4NOS. The van der Waals surface area contributed by atoms with Gasteiger partial charge in [0.1, 0.15) is 10.6 Å². The molecule has 1 aromatic carbocycles. The summed E-state index contributed by atoms with van der Waals surface area (Å²) < 4.78 is 66.5. The molecule has 1 N–H and O–H groups in total. The van der Waals surface area contributed by atoms with E-state index >= 15 is 0 Å². The van der Waals surface area contributed by atoms with E-state index in [1.165, 1.54) is 6.92 Å². The van der Waals surface area contributed by atoms with Gasteiger partial charge in [0, 0.05) is 17.9 Å². The molecule has 0 aliphatic rings. The van der Waals surface area contributed by atoms with E-state index in [-0.39, 0.29) is 17.7 Å². The van der Waals surface area contributed by atoms with Crippen LogP contribution in [-0.4, -0.2) is 15.8 Å². The first-order chi connectivity index (χ1) is 9.84. The zero-order valence-electron chi connectivity index (χ0n) is 13.3. The lowest BCUT2D eigenvalue weighted by molar-refractivity contribution is -0.138. The van der Waals surface area contributed by atoms with Crippen LogP contribution in [0, 0.1) is 12.7 Å². The number of rotatable bonds is 4. The van der Waals surface area contributed by atoms with Crippen molar-refractivity contribution in [2.45, 2.75) is 51.5 Å². The first kappa shape index (κ1) is 19.3. The van der Waals surface area contributed by atoms with Gasteiger partial charge in [0.15, 0.2) is 0 Å². The van der Waals surface area contributed by atoms with Gasteiger partial charge >= 0.3 is 6.18 Å². The fourth-order valence-electron chi connectivity index (χ4n) is 2.03. The Hall–Kier alpha value is -0.790. The van der Waals surface area contributed by atoms with Gasteiger partial charge in [-0.1, -0.05) is 6.92 Å². The van der Waals surface area contributed by atoms with Crippen LogP contribution >= 0.6 is 0 Å². The highest BCUT2D eigenvalue weighted by Gasteiger charge is 2.34. The summed E-state index contributed by atoms with van der Waals surface area (Å²) in [6, 6.07) is 1.61. The molecule has 0 aliphatic heterocycles. The molecule has 0 heterocycles. The summed E-state index contributed by atoms with van der Waals surface area (Å²) in [7, 11) is 0. The van der Waals surface area contributed by atoms with Gasteiger partial charge < -0.3 is 4.55 Å². The van der Waals surface area contributed by atoms with Gasteiger partial charge in [0.25, 0.3) is 0 Å². The number of nitrogens with one attached hydrogen (secondary N) is 1. The van der Waals surface area contributed by atoms with Crippen molar-refractivity contribution in [3.63, 3.8) is 0 Å². The second kappa shape index (κ2) is 6.76. The number of halogens is 4. The molecule has 0 bridgehead atoms. The molecule has 0 saturated heterocycles. The topological polar surface area (TPSA) is 35.1 Å². The van der Waals surface area contributed by atoms with Crippen LogP contribution < -0.4 is 4.72 Å². The number of hydrogen-bond acceptors (Lipinski definition) is 2. The number of hydrogen-bond donors (Lipinski definition) is 1. The Morgan fingerprint density at radius 3 is 2.23 bits per heavy atom. The molecule has 2 atom stereocenters. The Bertz CT molecular complexity index is 525. The van der Waals surface area contributed by atoms with Gasteiger partial charge in [0.05, 0.1) is 5.56 Å². The van der Waals surface area contributed by atoms with E-state index in [1.54, 1.807) is 27.7 Å². The Morgan fingerprint density at radius 2 is 1.77 bits per heavy atom. The highest BCUT2D eigenvalue weighted by Crippen LogP contribution is 2.35. The molecule has 1 aromatic rings. The van der Waals surface area contributed by atoms with E-state index in [9.17, 15) is 22.1 Å². The van der Waals surface area contributed by atoms with Crippen LogP contribution in [0.1, 0.15) is 50.3 Å². The van der Waals surface area contributed by atoms with Gasteiger partial charge in [-0.3, -0.25) is 0 Å². The largest absolute Gasteiger partial charge is 0.598 e. The first-order valence-electron chi connectivity index (χ1n) is 6.86. The summed E-state index contributed by atoms with van der Waals surface area (Å²) in [5.74, 6) is -1.32. The molecule has 0 saturated carbocycles. The monoisotopic (exact) mass is 339 g/mol. The fourth-order valence-corrected chi connectivity index (χ4v) is 2.87. The van der Waals surface area contributed by atoms with Crippen molar-refractivity contribution < 1.29 is 22.1 Å². The molecule has 0 amide bonds. The summed E-state index contributed by atoms with van der Waals surface area (Å²) in [6.45, 7) is 8.57. The number of benzene rings is 1. The van der Waals surface area contributed by atoms with E-state index in [4.69, 9.17) is 0 Å². The molecule has 22 heavy (non-hydrogen) atoms. The van der Waals surface area contributed by atoms with Crippen LogP contribution in [0.4, 0.5) is 17.6 Å². The molecule has 0 spiro atoms. The van der Waals surface area contributed by atoms with E-state index in [1.807, 2.05) is 0 Å². The third-order valence-corrected chi connectivity index (χ3v) is 4.87. The quantitative estimate of drug-likeness (QED) is 0.655. The predicted molar refractivity (Wildman–Crippen MR) is 80.5 cm³/mol. The van der Waals surface area contributed by atoms with Crippen molar-refractivity contribution >= 4 is 11.4 Å². The minimum Gasteiger partial charge on any atom is -0.598 e. The normalized spacial score (nSPS) is 15.7. The molecule has 1 unspecified atom stereocenters. The molecule has 0 radical (unpaired) electrons. The van der Waals surface area contributed by atoms with Crippen molar-refractivity contribution in [2.75, 3.05) is 6.54 Å². The molecule has 2 nitrogen and oxygen atoms in total. The summed E-state index contributed by atoms with van der Waals surface area (Å²) in [4.78, 5) is 0. The minimum atomic E-state index is -4.59. The van der Waals surface area contributed by atoms with Crippen LogP contribution in [0.25, 0.3) is 0 Å². The zero-order chi connectivity index (χ0) is 17.3. The van der Waals surface area contributed by atoms with Crippen molar-refractivity contribution in [1.82, 2.24) is 4.72 Å². The van der Waals surface area contributed by atoms with Gasteiger partial charge in [-0.2, -0.15) is 13.2 Å². The SMILES string of the molecule is Cc1c(C(C)CN[S@+]([O-])C(C)(C)C)cc(F)cc1C(F)(F)F. The van der Waals surface area contributed by atoms with E-state index in [2.05, 4.69) is 4.72 Å². The van der Waals surface area contributed by atoms with E-state index in [0.29, 0.717) is 6.07 Å². The van der Waals surface area contributed by atoms with Crippen molar-refractivity contribution in [2.24, 2.45) is 0 Å². The lowest BCUT2D eigenvalue weighted by Crippen LogP contribution is -2.40. The summed E-state index contributed by atoms with van der Waals surface area (Å²) in [6.07, 6.45) is -4.59. The Balaban J connectivity index is 2.99. The molecule has 0 aliphatic carbocycles. The second-order valence-corrected chi connectivity index (χ2v) is 8.35. The summed E-state index contributed by atoms with van der Waals surface area (Å²) >= 11 is -1.33. The first-order valence-corrected chi connectivity index (χ1v) is 8.01. The molecule has 7 heteroatoms. The maximum atomic E-state index is 13.5. The highest BCUT2D eigenvalue weighted by molar-refractivity contribution is 7.90. The summed E-state index contributed by atoms with van der Waals surface area (Å²) in [5, 5.41) is 0. The molecule has 1 rings (SSSR count). The van der Waals surface area contributed by atoms with Crippen molar-refractivity contribution in [3.8, 4) is 0 Å². The molecular weight excluding hydrogens is 318 g/mol. The van der Waals surface area contributed by atoms with Crippen LogP contribution in [0.2, 0.25) is 0 Å². The standard InChI is InChI=1S/C15H21F4NOS/c1-9(8-20-22(21)14(3,4)5)12-6-11(16)7-13(10(12)2)15(17,18)19/h6-7,9,20H,8H2,1-5H3/t9?,22-/m1/s1. The molecule has 0 fully saturated rings. The average Bonchev–Trinajstić information content (AvgIpc) is 2.35. The molecule has 0 aromatic heterocycles. The third kappa shape index (κ3) is 4.86. The smallest absolute Gasteiger partial charge is 0.416 e. The van der Waals surface area contributed by atoms with E-state index in [0.717, 1.165) is 6.07 Å². The van der Waals surface area contributed by atoms with Crippen molar-refractivity contribution in [1.29, 1.82) is 0 Å². The minimum absolute atomic E-state index is 0.00439. The highest BCUT2D eigenvalue weighted by atomic mass is 32.2. The zero-order valence-corrected chi connectivity index (χ0v) is 14.1. The Kier molecular flexibility index (Phi) is 5.92. The average molecular weight is 339 g/mol. The summed E-state index contributed by atoms with van der Waals surface area (Å²) in [5.41, 5.74) is -0.693. The van der Waals surface area contributed by atoms with Gasteiger partial charge in [-0.25, -0.2) is 4.39 Å². The van der Waals surface area contributed by atoms with Gasteiger partial charge in [-0.15, -0.1) is 4.72 Å². The lowest BCUT2D eigenvalue weighted by atomic mass is 9.92. The Labute approximate surface area is 131 Å². The van der Waals surface area contributed by atoms with Crippen molar-refractivity contribution in [3.05, 3.63) is 34.6 Å². The van der Waals surface area contributed by atoms with Gasteiger partial charge in [-0.05, 0) is 56.9 Å².